The van der Waals surface area contributed by atoms with Gasteiger partial charge in [0.05, 0.1) is 5.69 Å². The van der Waals surface area contributed by atoms with E-state index in [1.165, 1.54) is 17.7 Å². The van der Waals surface area contributed by atoms with Gasteiger partial charge in [-0.25, -0.2) is 22.8 Å². The average molecular weight is 397 g/mol. The van der Waals surface area contributed by atoms with Crippen LogP contribution in [-0.4, -0.2) is 28.2 Å². The van der Waals surface area contributed by atoms with Crippen LogP contribution in [-0.2, 0) is 16.6 Å². The van der Waals surface area contributed by atoms with Crippen molar-refractivity contribution < 1.29 is 8.42 Å². The van der Waals surface area contributed by atoms with Crippen LogP contribution in [0.4, 0.5) is 0 Å². The Morgan fingerprint density at radius 1 is 0.963 bits per heavy atom. The molecule has 0 fully saturated rings. The molecule has 3 aromatic heterocycles. The number of pyridine rings is 1. The number of hydrogen-bond acceptors (Lipinski definition) is 6. The van der Waals surface area contributed by atoms with E-state index >= 15 is 0 Å². The first kappa shape index (κ1) is 17.5. The summed E-state index contributed by atoms with van der Waals surface area (Å²) in [6.45, 7) is 0.211. The second kappa shape index (κ2) is 7.39. The summed E-state index contributed by atoms with van der Waals surface area (Å²) in [6, 6.07) is 14.6. The molecule has 0 bridgehead atoms. The molecule has 0 aliphatic rings. The van der Waals surface area contributed by atoms with Crippen molar-refractivity contribution in [3.8, 4) is 16.1 Å². The lowest BCUT2D eigenvalue weighted by atomic mass is 10.2. The summed E-state index contributed by atoms with van der Waals surface area (Å²) in [4.78, 5) is 8.77. The van der Waals surface area contributed by atoms with Crippen LogP contribution in [0, 0.1) is 0 Å². The Kier molecular flexibility index (Phi) is 4.80. The Labute approximate surface area is 160 Å². The number of benzene rings is 1. The number of aromatic nitrogens is 4. The van der Waals surface area contributed by atoms with Crippen molar-refractivity contribution in [1.82, 2.24) is 24.5 Å². The Balaban J connectivity index is 1.45. The molecule has 3 heterocycles. The summed E-state index contributed by atoms with van der Waals surface area (Å²) in [5, 5.41) is 4.06. The van der Waals surface area contributed by atoms with Gasteiger partial charge >= 0.3 is 0 Å². The second-order valence-corrected chi connectivity index (χ2v) is 8.76. The van der Waals surface area contributed by atoms with E-state index in [1.54, 1.807) is 29.5 Å². The molecule has 0 amide bonds. The standard InChI is InChI=1S/C18H15N5O2S2/c24-27(25,18-6-5-17(26-18)15-7-9-19-10-8-15)22-11-14-1-3-16(4-2-14)23-13-20-12-21-23/h1-10,12-13,22H,11H2. The summed E-state index contributed by atoms with van der Waals surface area (Å²) in [5.74, 6) is 0. The van der Waals surface area contributed by atoms with Gasteiger partial charge in [0.25, 0.3) is 0 Å². The van der Waals surface area contributed by atoms with Gasteiger partial charge in [-0.15, -0.1) is 11.3 Å². The van der Waals surface area contributed by atoms with E-state index in [2.05, 4.69) is 19.8 Å². The monoisotopic (exact) mass is 397 g/mol. The second-order valence-electron chi connectivity index (χ2n) is 5.69. The predicted molar refractivity (Wildman–Crippen MR) is 103 cm³/mol. The van der Waals surface area contributed by atoms with Crippen LogP contribution in [0.25, 0.3) is 16.1 Å². The minimum Gasteiger partial charge on any atom is -0.265 e. The van der Waals surface area contributed by atoms with Gasteiger partial charge in [0.2, 0.25) is 10.0 Å². The largest absolute Gasteiger partial charge is 0.265 e. The number of rotatable bonds is 6. The van der Waals surface area contributed by atoms with Crippen LogP contribution in [0.3, 0.4) is 0 Å². The summed E-state index contributed by atoms with van der Waals surface area (Å²) < 4.78 is 29.7. The number of thiophene rings is 1. The zero-order chi connectivity index (χ0) is 18.7. The molecular weight excluding hydrogens is 382 g/mol. The highest BCUT2D eigenvalue weighted by Crippen LogP contribution is 2.30. The minimum atomic E-state index is -3.57. The van der Waals surface area contributed by atoms with Gasteiger partial charge < -0.3 is 0 Å². The lowest BCUT2D eigenvalue weighted by Crippen LogP contribution is -2.22. The molecule has 0 aliphatic carbocycles. The number of nitrogens with one attached hydrogen (secondary N) is 1. The molecule has 0 atom stereocenters. The Morgan fingerprint density at radius 2 is 1.74 bits per heavy atom. The molecule has 0 saturated heterocycles. The van der Waals surface area contributed by atoms with E-state index in [0.29, 0.717) is 0 Å². The van der Waals surface area contributed by atoms with Crippen molar-refractivity contribution in [3.63, 3.8) is 0 Å². The molecule has 0 unspecified atom stereocenters. The fraction of sp³-hybridized carbons (Fsp3) is 0.0556. The highest BCUT2D eigenvalue weighted by molar-refractivity contribution is 7.91. The van der Waals surface area contributed by atoms with Crippen LogP contribution < -0.4 is 4.72 Å². The zero-order valence-corrected chi connectivity index (χ0v) is 15.7. The molecule has 1 N–H and O–H groups in total. The van der Waals surface area contributed by atoms with Gasteiger partial charge in [-0.1, -0.05) is 12.1 Å². The zero-order valence-electron chi connectivity index (χ0n) is 14.1. The lowest BCUT2D eigenvalue weighted by molar-refractivity contribution is 0.583. The van der Waals surface area contributed by atoms with Gasteiger partial charge in [0, 0.05) is 23.8 Å². The molecule has 0 radical (unpaired) electrons. The molecule has 7 nitrogen and oxygen atoms in total. The van der Waals surface area contributed by atoms with E-state index in [1.807, 2.05) is 42.5 Å². The summed E-state index contributed by atoms with van der Waals surface area (Å²) in [6.07, 6.45) is 6.44. The molecule has 0 aliphatic heterocycles. The maximum Gasteiger partial charge on any atom is 0.250 e. The number of hydrogen-bond donors (Lipinski definition) is 1. The molecular formula is C18H15N5O2S2. The molecule has 0 spiro atoms. The highest BCUT2D eigenvalue weighted by Gasteiger charge is 2.17. The highest BCUT2D eigenvalue weighted by atomic mass is 32.2. The Morgan fingerprint density at radius 3 is 2.44 bits per heavy atom. The summed E-state index contributed by atoms with van der Waals surface area (Å²) in [5.41, 5.74) is 2.66. The first-order valence-electron chi connectivity index (χ1n) is 8.06. The van der Waals surface area contributed by atoms with Gasteiger partial charge in [-0.2, -0.15) is 5.10 Å². The fourth-order valence-electron chi connectivity index (χ4n) is 2.49. The van der Waals surface area contributed by atoms with Crippen LogP contribution in [0.15, 0.2) is 77.8 Å². The first-order valence-corrected chi connectivity index (χ1v) is 10.4. The molecule has 27 heavy (non-hydrogen) atoms. The van der Waals surface area contributed by atoms with Crippen molar-refractivity contribution in [2.24, 2.45) is 0 Å². The van der Waals surface area contributed by atoms with E-state index in [9.17, 15) is 8.42 Å². The first-order chi connectivity index (χ1) is 13.1. The molecule has 136 valence electrons. The minimum absolute atomic E-state index is 0.211. The summed E-state index contributed by atoms with van der Waals surface area (Å²) in [7, 11) is -3.57. The molecule has 4 rings (SSSR count). The maximum atomic E-state index is 12.6. The topological polar surface area (TPSA) is 89.8 Å². The Bertz CT molecular complexity index is 1120. The van der Waals surface area contributed by atoms with E-state index in [0.717, 1.165) is 21.7 Å². The van der Waals surface area contributed by atoms with Crippen molar-refractivity contribution in [2.75, 3.05) is 0 Å². The van der Waals surface area contributed by atoms with Crippen molar-refractivity contribution in [3.05, 3.63) is 79.1 Å². The van der Waals surface area contributed by atoms with Gasteiger partial charge in [0.1, 0.15) is 16.9 Å². The predicted octanol–water partition coefficient (Wildman–Crippen LogP) is 2.87. The average Bonchev–Trinajstić information content (AvgIpc) is 3.40. The van der Waals surface area contributed by atoms with Crippen LogP contribution >= 0.6 is 11.3 Å². The maximum absolute atomic E-state index is 12.6. The van der Waals surface area contributed by atoms with E-state index in [4.69, 9.17) is 0 Å². The van der Waals surface area contributed by atoms with Gasteiger partial charge in [0.15, 0.2) is 0 Å². The van der Waals surface area contributed by atoms with Crippen LogP contribution in [0.5, 0.6) is 0 Å². The number of nitrogens with zero attached hydrogens (tertiary/aromatic N) is 4. The van der Waals surface area contributed by atoms with E-state index in [-0.39, 0.29) is 10.8 Å². The van der Waals surface area contributed by atoms with Gasteiger partial charge in [-0.3, -0.25) is 4.98 Å². The SMILES string of the molecule is O=S(=O)(NCc1ccc(-n2cncn2)cc1)c1ccc(-c2ccncc2)s1. The smallest absolute Gasteiger partial charge is 0.250 e. The summed E-state index contributed by atoms with van der Waals surface area (Å²) >= 11 is 1.23. The lowest BCUT2D eigenvalue weighted by Gasteiger charge is -2.06. The molecule has 9 heteroatoms. The van der Waals surface area contributed by atoms with Crippen LogP contribution in [0.2, 0.25) is 0 Å². The van der Waals surface area contributed by atoms with Gasteiger partial charge in [-0.05, 0) is 47.5 Å². The third-order valence-corrected chi connectivity index (χ3v) is 6.92. The van der Waals surface area contributed by atoms with E-state index < -0.39 is 10.0 Å². The molecule has 4 aromatic rings. The quantitative estimate of drug-likeness (QED) is 0.540. The third kappa shape index (κ3) is 3.95. The fourth-order valence-corrected chi connectivity index (χ4v) is 4.87. The molecule has 0 saturated carbocycles. The van der Waals surface area contributed by atoms with Crippen molar-refractivity contribution >= 4 is 21.4 Å². The molecule has 1 aromatic carbocycles. The van der Waals surface area contributed by atoms with Crippen LogP contribution in [0.1, 0.15) is 5.56 Å². The normalized spacial score (nSPS) is 11.6. The van der Waals surface area contributed by atoms with Crippen molar-refractivity contribution in [2.45, 2.75) is 10.8 Å². The third-order valence-electron chi connectivity index (χ3n) is 3.90. The Hall–Kier alpha value is -2.88. The number of sulfonamides is 1. The van der Waals surface area contributed by atoms with Crippen molar-refractivity contribution in [1.29, 1.82) is 0 Å².